The summed E-state index contributed by atoms with van der Waals surface area (Å²) in [6.07, 6.45) is 5.89. The summed E-state index contributed by atoms with van der Waals surface area (Å²) in [4.78, 5) is 12.6. The summed E-state index contributed by atoms with van der Waals surface area (Å²) in [5.41, 5.74) is 3.46. The Morgan fingerprint density at radius 2 is 1.86 bits per heavy atom. The molecule has 0 amide bonds. The van der Waals surface area contributed by atoms with Gasteiger partial charge in [0.1, 0.15) is 5.75 Å². The first-order valence-corrected chi connectivity index (χ1v) is 11.9. The van der Waals surface area contributed by atoms with Crippen molar-refractivity contribution < 1.29 is 13.2 Å². The molecular weight excluding hydrogens is 386 g/mol. The van der Waals surface area contributed by atoms with Crippen LogP contribution in [0.1, 0.15) is 30.9 Å². The Morgan fingerprint density at radius 3 is 2.55 bits per heavy atom. The number of benzene rings is 2. The van der Waals surface area contributed by atoms with Crippen molar-refractivity contribution in [2.75, 3.05) is 6.26 Å². The molecule has 0 spiro atoms. The zero-order valence-corrected chi connectivity index (χ0v) is 17.8. The molecule has 29 heavy (non-hydrogen) atoms. The van der Waals surface area contributed by atoms with Crippen LogP contribution in [0.2, 0.25) is 0 Å². The van der Waals surface area contributed by atoms with Gasteiger partial charge in [-0.1, -0.05) is 31.2 Å². The first kappa shape index (κ1) is 19.7. The standard InChI is InChI=1S/C23H25NO4S/c1-4-17-10-9-16-11-15(14-29(3,26)27)12-20(22(16)28-17)21-13-24(2)23(25)19-8-6-5-7-18(19)21/h5-8,11-13,17H,4,9-10,14H2,1-3H3. The average Bonchev–Trinajstić information content (AvgIpc) is 2.68. The minimum atomic E-state index is -3.17. The van der Waals surface area contributed by atoms with E-state index in [0.717, 1.165) is 52.7 Å². The normalized spacial score (nSPS) is 16.4. The van der Waals surface area contributed by atoms with Crippen LogP contribution < -0.4 is 10.3 Å². The maximum Gasteiger partial charge on any atom is 0.258 e. The summed E-state index contributed by atoms with van der Waals surface area (Å²) in [7, 11) is -1.43. The van der Waals surface area contributed by atoms with E-state index < -0.39 is 9.84 Å². The first-order chi connectivity index (χ1) is 13.8. The molecule has 5 nitrogen and oxygen atoms in total. The van der Waals surface area contributed by atoms with Gasteiger partial charge in [-0.05, 0) is 47.9 Å². The Morgan fingerprint density at radius 1 is 1.14 bits per heavy atom. The average molecular weight is 412 g/mol. The zero-order chi connectivity index (χ0) is 20.8. The molecule has 0 N–H and O–H groups in total. The molecule has 0 saturated carbocycles. The number of sulfone groups is 1. The molecule has 0 radical (unpaired) electrons. The minimum absolute atomic E-state index is 0.0197. The molecule has 1 unspecified atom stereocenters. The quantitative estimate of drug-likeness (QED) is 0.654. The number of aromatic nitrogens is 1. The number of rotatable bonds is 4. The molecule has 1 aliphatic heterocycles. The highest BCUT2D eigenvalue weighted by Gasteiger charge is 2.25. The van der Waals surface area contributed by atoms with Crippen molar-refractivity contribution in [2.45, 2.75) is 38.0 Å². The van der Waals surface area contributed by atoms with Gasteiger partial charge in [0.25, 0.3) is 5.56 Å². The van der Waals surface area contributed by atoms with E-state index in [1.807, 2.05) is 42.6 Å². The number of aryl methyl sites for hydroxylation is 2. The van der Waals surface area contributed by atoms with E-state index in [2.05, 4.69) is 6.92 Å². The van der Waals surface area contributed by atoms with Gasteiger partial charge in [0, 0.05) is 36.0 Å². The maximum atomic E-state index is 12.6. The van der Waals surface area contributed by atoms with Crippen LogP contribution in [0.4, 0.5) is 0 Å². The predicted molar refractivity (Wildman–Crippen MR) is 116 cm³/mol. The maximum absolute atomic E-state index is 12.6. The molecule has 1 aromatic heterocycles. The summed E-state index contributed by atoms with van der Waals surface area (Å²) < 4.78 is 31.8. The third-order valence-electron chi connectivity index (χ3n) is 5.51. The number of ether oxygens (including phenoxy) is 1. The third kappa shape index (κ3) is 3.81. The lowest BCUT2D eigenvalue weighted by atomic mass is 9.91. The highest BCUT2D eigenvalue weighted by molar-refractivity contribution is 7.89. The molecule has 2 aromatic carbocycles. The van der Waals surface area contributed by atoms with E-state index in [0.29, 0.717) is 5.39 Å². The van der Waals surface area contributed by atoms with Crippen LogP contribution in [0.3, 0.4) is 0 Å². The largest absolute Gasteiger partial charge is 0.489 e. The predicted octanol–water partition coefficient (Wildman–Crippen LogP) is 3.85. The van der Waals surface area contributed by atoms with Crippen LogP contribution in [-0.4, -0.2) is 25.3 Å². The zero-order valence-electron chi connectivity index (χ0n) is 16.9. The van der Waals surface area contributed by atoms with Crippen molar-refractivity contribution in [1.82, 2.24) is 4.57 Å². The van der Waals surface area contributed by atoms with Crippen LogP contribution in [0.5, 0.6) is 5.75 Å². The van der Waals surface area contributed by atoms with Crippen molar-refractivity contribution >= 4 is 20.6 Å². The summed E-state index contributed by atoms with van der Waals surface area (Å²) in [6.45, 7) is 2.11. The lowest BCUT2D eigenvalue weighted by Gasteiger charge is -2.28. The topological polar surface area (TPSA) is 65.4 Å². The summed E-state index contributed by atoms with van der Waals surface area (Å²) >= 11 is 0. The molecular formula is C23H25NO4S. The molecule has 152 valence electrons. The van der Waals surface area contributed by atoms with Crippen LogP contribution in [0.15, 0.2) is 47.4 Å². The first-order valence-electron chi connectivity index (χ1n) is 9.85. The van der Waals surface area contributed by atoms with E-state index in [-0.39, 0.29) is 17.4 Å². The van der Waals surface area contributed by atoms with Gasteiger partial charge in [0.05, 0.1) is 11.9 Å². The Bertz CT molecular complexity index is 1260. The number of pyridine rings is 1. The highest BCUT2D eigenvalue weighted by Crippen LogP contribution is 2.41. The fraction of sp³-hybridized carbons (Fsp3) is 0.348. The fourth-order valence-electron chi connectivity index (χ4n) is 4.13. The van der Waals surface area contributed by atoms with Gasteiger partial charge >= 0.3 is 0 Å². The van der Waals surface area contributed by atoms with Gasteiger partial charge in [0.15, 0.2) is 9.84 Å². The van der Waals surface area contributed by atoms with Crippen molar-refractivity contribution in [1.29, 1.82) is 0 Å². The van der Waals surface area contributed by atoms with Crippen molar-refractivity contribution in [3.8, 4) is 16.9 Å². The van der Waals surface area contributed by atoms with Crippen LogP contribution in [-0.2, 0) is 29.1 Å². The molecule has 4 rings (SSSR count). The van der Waals surface area contributed by atoms with Crippen molar-refractivity contribution in [3.63, 3.8) is 0 Å². The SMILES string of the molecule is CCC1CCc2cc(CS(C)(=O)=O)cc(-c3cn(C)c(=O)c4ccccc34)c2O1. The van der Waals surface area contributed by atoms with Gasteiger partial charge in [-0.15, -0.1) is 0 Å². The van der Waals surface area contributed by atoms with Gasteiger partial charge in [-0.3, -0.25) is 4.79 Å². The van der Waals surface area contributed by atoms with E-state index >= 15 is 0 Å². The highest BCUT2D eigenvalue weighted by atomic mass is 32.2. The number of hydrogen-bond acceptors (Lipinski definition) is 4. The van der Waals surface area contributed by atoms with E-state index in [1.165, 1.54) is 6.26 Å². The Balaban J connectivity index is 2.02. The van der Waals surface area contributed by atoms with E-state index in [1.54, 1.807) is 11.6 Å². The van der Waals surface area contributed by atoms with Crippen LogP contribution in [0, 0.1) is 0 Å². The van der Waals surface area contributed by atoms with Gasteiger partial charge in [0.2, 0.25) is 0 Å². The summed E-state index contributed by atoms with van der Waals surface area (Å²) in [6, 6.07) is 11.4. The van der Waals surface area contributed by atoms with Crippen molar-refractivity contribution in [3.05, 3.63) is 64.1 Å². The number of hydrogen-bond donors (Lipinski definition) is 0. The van der Waals surface area contributed by atoms with Crippen LogP contribution >= 0.6 is 0 Å². The van der Waals surface area contributed by atoms with Gasteiger partial charge in [-0.25, -0.2) is 8.42 Å². The number of fused-ring (bicyclic) bond motifs is 2. The molecule has 0 fully saturated rings. The minimum Gasteiger partial charge on any atom is -0.489 e. The smallest absolute Gasteiger partial charge is 0.258 e. The molecule has 3 aromatic rings. The second-order valence-electron chi connectivity index (χ2n) is 7.89. The molecule has 1 atom stereocenters. The fourth-order valence-corrected chi connectivity index (χ4v) is 4.90. The molecule has 0 bridgehead atoms. The molecule has 2 heterocycles. The van der Waals surface area contributed by atoms with Gasteiger partial charge < -0.3 is 9.30 Å². The monoisotopic (exact) mass is 411 g/mol. The van der Waals surface area contributed by atoms with Crippen molar-refractivity contribution in [2.24, 2.45) is 7.05 Å². The molecule has 6 heteroatoms. The lowest BCUT2D eigenvalue weighted by Crippen LogP contribution is -2.23. The van der Waals surface area contributed by atoms with Crippen LogP contribution in [0.25, 0.3) is 21.9 Å². The van der Waals surface area contributed by atoms with E-state index in [9.17, 15) is 13.2 Å². The summed E-state index contributed by atoms with van der Waals surface area (Å²) in [5, 5.41) is 1.48. The second-order valence-corrected chi connectivity index (χ2v) is 10.0. The Kier molecular flexibility index (Phi) is 4.99. The molecule has 0 saturated heterocycles. The third-order valence-corrected chi connectivity index (χ3v) is 6.37. The molecule has 0 aliphatic carbocycles. The summed E-state index contributed by atoms with van der Waals surface area (Å²) in [5.74, 6) is 0.790. The molecule has 1 aliphatic rings. The Labute approximate surface area is 170 Å². The van der Waals surface area contributed by atoms with E-state index in [4.69, 9.17) is 4.74 Å². The number of nitrogens with zero attached hydrogens (tertiary/aromatic N) is 1. The lowest BCUT2D eigenvalue weighted by molar-refractivity contribution is 0.170. The second kappa shape index (κ2) is 7.34. The Hall–Kier alpha value is -2.60. The van der Waals surface area contributed by atoms with Gasteiger partial charge in [-0.2, -0.15) is 0 Å².